The Morgan fingerprint density at radius 3 is 2.00 bits per heavy atom. The van der Waals surface area contributed by atoms with Gasteiger partial charge < -0.3 is 9.80 Å². The van der Waals surface area contributed by atoms with Crippen LogP contribution in [-0.2, 0) is 4.79 Å². The van der Waals surface area contributed by atoms with Gasteiger partial charge in [0, 0.05) is 50.6 Å². The fourth-order valence-corrected chi connectivity index (χ4v) is 6.09. The minimum atomic E-state index is 0.415. The molecule has 0 bridgehead atoms. The maximum absolute atomic E-state index is 11.8. The standard InChI is InChI=1S/C21H37N3O/c1-3-20(25)17-13-21(14-17)15-19(16-21)23-7-5-18(6-8-23)24-11-9-22(4-2)10-12-24/h17-19H,3-16H2,1-2H3. The van der Waals surface area contributed by atoms with E-state index >= 15 is 0 Å². The van der Waals surface area contributed by atoms with E-state index in [0.29, 0.717) is 17.1 Å². The predicted molar refractivity (Wildman–Crippen MR) is 102 cm³/mol. The van der Waals surface area contributed by atoms with Crippen molar-refractivity contribution in [1.29, 1.82) is 0 Å². The highest BCUT2D eigenvalue weighted by Crippen LogP contribution is 2.60. The Bertz CT molecular complexity index is 464. The average molecular weight is 348 g/mol. The van der Waals surface area contributed by atoms with Crippen LogP contribution in [0, 0.1) is 11.3 Å². The average Bonchev–Trinajstić information content (AvgIpc) is 2.59. The molecule has 2 aliphatic carbocycles. The van der Waals surface area contributed by atoms with Crippen molar-refractivity contribution in [2.45, 2.75) is 70.9 Å². The SMILES string of the molecule is CCC(=O)C1CC2(C1)CC(N1CCC(N3CCN(CC)CC3)CC1)C2. The number of Topliss-reactive ketones (excluding diaryl/α,β-unsaturated/α-hetero) is 1. The zero-order valence-electron chi connectivity index (χ0n) is 16.4. The van der Waals surface area contributed by atoms with Gasteiger partial charge >= 0.3 is 0 Å². The minimum absolute atomic E-state index is 0.415. The van der Waals surface area contributed by atoms with Gasteiger partial charge in [0.1, 0.15) is 5.78 Å². The highest BCUT2D eigenvalue weighted by molar-refractivity contribution is 5.81. The molecule has 0 radical (unpaired) electrons. The van der Waals surface area contributed by atoms with Gasteiger partial charge in [-0.1, -0.05) is 13.8 Å². The molecule has 0 aromatic carbocycles. The fourth-order valence-electron chi connectivity index (χ4n) is 6.09. The number of hydrogen-bond acceptors (Lipinski definition) is 4. The summed E-state index contributed by atoms with van der Waals surface area (Å²) in [6, 6.07) is 1.66. The molecule has 0 unspecified atom stereocenters. The topological polar surface area (TPSA) is 26.8 Å². The van der Waals surface area contributed by atoms with Gasteiger partial charge in [0.2, 0.25) is 0 Å². The van der Waals surface area contributed by atoms with Gasteiger partial charge in [-0.25, -0.2) is 0 Å². The monoisotopic (exact) mass is 347 g/mol. The molecular formula is C21H37N3O. The Labute approximate surface area is 153 Å². The summed E-state index contributed by atoms with van der Waals surface area (Å²) < 4.78 is 0. The fraction of sp³-hybridized carbons (Fsp3) is 0.952. The summed E-state index contributed by atoms with van der Waals surface area (Å²) in [6.07, 6.45) is 8.63. The van der Waals surface area contributed by atoms with E-state index in [-0.39, 0.29) is 0 Å². The third-order valence-electron chi connectivity index (χ3n) is 7.89. The number of carbonyl (C=O) groups excluding carboxylic acids is 1. The van der Waals surface area contributed by atoms with Crippen molar-refractivity contribution in [3.63, 3.8) is 0 Å². The van der Waals surface area contributed by atoms with E-state index in [2.05, 4.69) is 21.6 Å². The van der Waals surface area contributed by atoms with Crippen molar-refractivity contribution in [3.8, 4) is 0 Å². The molecule has 0 aromatic rings. The van der Waals surface area contributed by atoms with Crippen LogP contribution in [0.1, 0.15) is 58.8 Å². The van der Waals surface area contributed by atoms with Crippen molar-refractivity contribution in [1.82, 2.24) is 14.7 Å². The van der Waals surface area contributed by atoms with Crippen LogP contribution in [0.2, 0.25) is 0 Å². The number of nitrogens with zero attached hydrogens (tertiary/aromatic N) is 3. The van der Waals surface area contributed by atoms with E-state index in [1.165, 1.54) is 84.3 Å². The van der Waals surface area contributed by atoms with Crippen molar-refractivity contribution in [3.05, 3.63) is 0 Å². The van der Waals surface area contributed by atoms with Gasteiger partial charge in [0.15, 0.2) is 0 Å². The molecule has 4 fully saturated rings. The van der Waals surface area contributed by atoms with Crippen molar-refractivity contribution >= 4 is 5.78 Å². The summed E-state index contributed by atoms with van der Waals surface area (Å²) in [5, 5.41) is 0. The molecule has 4 nitrogen and oxygen atoms in total. The zero-order valence-corrected chi connectivity index (χ0v) is 16.4. The van der Waals surface area contributed by atoms with Crippen LogP contribution < -0.4 is 0 Å². The predicted octanol–water partition coefficient (Wildman–Crippen LogP) is 2.63. The van der Waals surface area contributed by atoms with Crippen LogP contribution in [0.3, 0.4) is 0 Å². The number of ketones is 1. The van der Waals surface area contributed by atoms with Gasteiger partial charge in [0.05, 0.1) is 0 Å². The summed E-state index contributed by atoms with van der Waals surface area (Å²) >= 11 is 0. The van der Waals surface area contributed by atoms with Crippen LogP contribution >= 0.6 is 0 Å². The molecule has 2 heterocycles. The first-order valence-corrected chi connectivity index (χ1v) is 10.9. The smallest absolute Gasteiger partial charge is 0.135 e. The lowest BCUT2D eigenvalue weighted by Crippen LogP contribution is -2.60. The van der Waals surface area contributed by atoms with Gasteiger partial charge in [-0.2, -0.15) is 0 Å². The van der Waals surface area contributed by atoms with Crippen molar-refractivity contribution in [2.75, 3.05) is 45.8 Å². The van der Waals surface area contributed by atoms with Gasteiger partial charge in [-0.05, 0) is 63.6 Å². The number of piperazine rings is 1. The number of rotatable bonds is 5. The normalized spacial score (nSPS) is 38.5. The second kappa shape index (κ2) is 7.28. The molecular weight excluding hydrogens is 310 g/mol. The van der Waals surface area contributed by atoms with E-state index in [9.17, 15) is 4.79 Å². The second-order valence-corrected chi connectivity index (χ2v) is 9.22. The molecule has 4 heteroatoms. The Hall–Kier alpha value is -0.450. The van der Waals surface area contributed by atoms with Crippen LogP contribution in [0.15, 0.2) is 0 Å². The maximum atomic E-state index is 11.8. The molecule has 4 rings (SSSR count). The Morgan fingerprint density at radius 2 is 1.44 bits per heavy atom. The van der Waals surface area contributed by atoms with E-state index < -0.39 is 0 Å². The van der Waals surface area contributed by atoms with Crippen molar-refractivity contribution < 1.29 is 4.79 Å². The first kappa shape index (κ1) is 17.9. The zero-order chi connectivity index (χ0) is 17.4. The molecule has 25 heavy (non-hydrogen) atoms. The lowest BCUT2D eigenvalue weighted by Gasteiger charge is -2.60. The maximum Gasteiger partial charge on any atom is 0.135 e. The molecule has 0 N–H and O–H groups in total. The lowest BCUT2D eigenvalue weighted by atomic mass is 9.49. The molecule has 142 valence electrons. The quantitative estimate of drug-likeness (QED) is 0.764. The largest absolute Gasteiger partial charge is 0.301 e. The second-order valence-electron chi connectivity index (χ2n) is 9.22. The first-order chi connectivity index (χ1) is 12.1. The van der Waals surface area contributed by atoms with E-state index in [4.69, 9.17) is 0 Å². The highest BCUT2D eigenvalue weighted by atomic mass is 16.1. The molecule has 2 saturated carbocycles. The molecule has 1 spiro atoms. The van der Waals surface area contributed by atoms with Gasteiger partial charge in [-0.3, -0.25) is 9.69 Å². The molecule has 2 saturated heterocycles. The van der Waals surface area contributed by atoms with E-state index in [1.54, 1.807) is 0 Å². The Balaban J connectivity index is 1.17. The summed E-state index contributed by atoms with van der Waals surface area (Å²) in [7, 11) is 0. The molecule has 0 amide bonds. The number of likely N-dealkylation sites (N-methyl/N-ethyl adjacent to an activating group) is 1. The van der Waals surface area contributed by atoms with E-state index in [1.807, 2.05) is 6.92 Å². The van der Waals surface area contributed by atoms with Crippen LogP contribution in [0.25, 0.3) is 0 Å². The Morgan fingerprint density at radius 1 is 0.840 bits per heavy atom. The lowest BCUT2D eigenvalue weighted by molar-refractivity contribution is -0.141. The van der Waals surface area contributed by atoms with E-state index in [0.717, 1.165) is 18.5 Å². The highest BCUT2D eigenvalue weighted by Gasteiger charge is 2.55. The summed E-state index contributed by atoms with van der Waals surface area (Å²) in [5.41, 5.74) is 0.577. The van der Waals surface area contributed by atoms with Crippen molar-refractivity contribution in [2.24, 2.45) is 11.3 Å². The van der Waals surface area contributed by atoms with Crippen LogP contribution in [0.4, 0.5) is 0 Å². The summed E-state index contributed by atoms with van der Waals surface area (Å²) in [5.74, 6) is 0.927. The summed E-state index contributed by atoms with van der Waals surface area (Å²) in [4.78, 5) is 19.9. The minimum Gasteiger partial charge on any atom is -0.301 e. The number of piperidine rings is 1. The third kappa shape index (κ3) is 3.54. The number of carbonyl (C=O) groups is 1. The van der Waals surface area contributed by atoms with Crippen LogP contribution in [-0.4, -0.2) is 78.4 Å². The number of likely N-dealkylation sites (tertiary alicyclic amines) is 1. The third-order valence-corrected chi connectivity index (χ3v) is 7.89. The van der Waals surface area contributed by atoms with Gasteiger partial charge in [-0.15, -0.1) is 0 Å². The molecule has 4 aliphatic rings. The molecule has 0 atom stereocenters. The molecule has 0 aromatic heterocycles. The molecule has 2 aliphatic heterocycles. The summed E-state index contributed by atoms with van der Waals surface area (Å²) in [6.45, 7) is 13.2. The Kier molecular flexibility index (Phi) is 5.23. The number of hydrogen-bond donors (Lipinski definition) is 0. The van der Waals surface area contributed by atoms with Crippen LogP contribution in [0.5, 0.6) is 0 Å². The first-order valence-electron chi connectivity index (χ1n) is 10.9. The van der Waals surface area contributed by atoms with Gasteiger partial charge in [0.25, 0.3) is 0 Å².